The summed E-state index contributed by atoms with van der Waals surface area (Å²) in [5.74, 6) is 0.552. The van der Waals surface area contributed by atoms with E-state index in [1.54, 1.807) is 18.3 Å². The van der Waals surface area contributed by atoms with E-state index in [0.29, 0.717) is 24.3 Å². The number of oxazole rings is 1. The molecule has 112 valence electrons. The average molecular weight is 288 g/mol. The molecule has 0 radical (unpaired) electrons. The van der Waals surface area contributed by atoms with Gasteiger partial charge in [-0.3, -0.25) is 4.79 Å². The van der Waals surface area contributed by atoms with Crippen LogP contribution in [0.2, 0.25) is 0 Å². The van der Waals surface area contributed by atoms with Crippen molar-refractivity contribution < 1.29 is 14.3 Å². The summed E-state index contributed by atoms with van der Waals surface area (Å²) in [6.45, 7) is 4.66. The Morgan fingerprint density at radius 1 is 1.33 bits per heavy atom. The second-order valence-electron chi connectivity index (χ2n) is 5.76. The van der Waals surface area contributed by atoms with Gasteiger partial charge >= 0.3 is 0 Å². The normalized spacial score (nSPS) is 11.4. The first-order chi connectivity index (χ1) is 10.0. The molecule has 0 aliphatic rings. The quantitative estimate of drug-likeness (QED) is 0.856. The standard InChI is InChI=1S/C16H20N2O3/c1-16(2,7-8-19)10-18-15(20)13-5-3-12(4-6-13)14-9-17-11-21-14/h3-6,9,11,19H,7-8,10H2,1-2H3,(H,18,20). The summed E-state index contributed by atoms with van der Waals surface area (Å²) in [4.78, 5) is 15.9. The molecule has 0 aliphatic heterocycles. The highest BCUT2D eigenvalue weighted by molar-refractivity contribution is 5.94. The molecule has 1 aromatic carbocycles. The van der Waals surface area contributed by atoms with Crippen LogP contribution in [0.25, 0.3) is 11.3 Å². The van der Waals surface area contributed by atoms with Crippen molar-refractivity contribution in [3.8, 4) is 11.3 Å². The molecule has 2 aromatic rings. The first kappa shape index (κ1) is 15.3. The Morgan fingerprint density at radius 2 is 2.05 bits per heavy atom. The van der Waals surface area contributed by atoms with Crippen molar-refractivity contribution in [3.05, 3.63) is 42.4 Å². The van der Waals surface area contributed by atoms with Crippen LogP contribution in [-0.2, 0) is 0 Å². The third-order valence-electron chi connectivity index (χ3n) is 3.38. The number of hydrogen-bond acceptors (Lipinski definition) is 4. The van der Waals surface area contributed by atoms with Crippen LogP contribution in [0.4, 0.5) is 0 Å². The lowest BCUT2D eigenvalue weighted by atomic mass is 9.89. The molecule has 0 aliphatic carbocycles. The van der Waals surface area contributed by atoms with Crippen LogP contribution in [-0.4, -0.2) is 29.1 Å². The van der Waals surface area contributed by atoms with Gasteiger partial charge in [0.05, 0.1) is 6.20 Å². The van der Waals surface area contributed by atoms with Gasteiger partial charge in [-0.15, -0.1) is 0 Å². The lowest BCUT2D eigenvalue weighted by Crippen LogP contribution is -2.34. The van der Waals surface area contributed by atoms with Gasteiger partial charge in [0.25, 0.3) is 5.91 Å². The Hall–Kier alpha value is -2.14. The van der Waals surface area contributed by atoms with E-state index in [1.165, 1.54) is 6.39 Å². The van der Waals surface area contributed by atoms with Gasteiger partial charge in [-0.25, -0.2) is 4.98 Å². The Labute approximate surface area is 124 Å². The summed E-state index contributed by atoms with van der Waals surface area (Å²) in [6.07, 6.45) is 3.66. The first-order valence-electron chi connectivity index (χ1n) is 6.90. The monoisotopic (exact) mass is 288 g/mol. The van der Waals surface area contributed by atoms with Gasteiger partial charge in [0.1, 0.15) is 0 Å². The largest absolute Gasteiger partial charge is 0.444 e. The van der Waals surface area contributed by atoms with Crippen molar-refractivity contribution in [3.63, 3.8) is 0 Å². The number of aliphatic hydroxyl groups is 1. The van der Waals surface area contributed by atoms with E-state index < -0.39 is 0 Å². The number of rotatable bonds is 6. The number of amides is 1. The third-order valence-corrected chi connectivity index (χ3v) is 3.38. The van der Waals surface area contributed by atoms with Gasteiger partial charge in [0.2, 0.25) is 0 Å². The summed E-state index contributed by atoms with van der Waals surface area (Å²) >= 11 is 0. The number of nitrogens with one attached hydrogen (secondary N) is 1. The van der Waals surface area contributed by atoms with E-state index >= 15 is 0 Å². The predicted octanol–water partition coefficient (Wildman–Crippen LogP) is 2.48. The fourth-order valence-corrected chi connectivity index (χ4v) is 1.96. The molecule has 2 N–H and O–H groups in total. The van der Waals surface area contributed by atoms with Crippen LogP contribution in [0.15, 0.2) is 41.3 Å². The Kier molecular flexibility index (Phi) is 4.75. The molecule has 0 saturated carbocycles. The lowest BCUT2D eigenvalue weighted by Gasteiger charge is -2.23. The van der Waals surface area contributed by atoms with Crippen molar-refractivity contribution in [2.45, 2.75) is 20.3 Å². The molecule has 0 fully saturated rings. The average Bonchev–Trinajstić information content (AvgIpc) is 2.99. The Bertz CT molecular complexity index is 574. The molecule has 0 saturated heterocycles. The molecular weight excluding hydrogens is 268 g/mol. The zero-order valence-corrected chi connectivity index (χ0v) is 12.3. The number of aromatic nitrogens is 1. The van der Waals surface area contributed by atoms with E-state index in [-0.39, 0.29) is 17.9 Å². The fraction of sp³-hybridized carbons (Fsp3) is 0.375. The minimum absolute atomic E-state index is 0.120. The van der Waals surface area contributed by atoms with Crippen molar-refractivity contribution in [1.82, 2.24) is 10.3 Å². The molecule has 5 heteroatoms. The fourth-order valence-electron chi connectivity index (χ4n) is 1.96. The molecule has 0 spiro atoms. The van der Waals surface area contributed by atoms with Gasteiger partial charge in [-0.2, -0.15) is 0 Å². The van der Waals surface area contributed by atoms with Crippen LogP contribution >= 0.6 is 0 Å². The number of carbonyl (C=O) groups excluding carboxylic acids is 1. The van der Waals surface area contributed by atoms with E-state index in [4.69, 9.17) is 9.52 Å². The van der Waals surface area contributed by atoms with Crippen LogP contribution in [0, 0.1) is 5.41 Å². The molecule has 21 heavy (non-hydrogen) atoms. The number of carbonyl (C=O) groups is 1. The van der Waals surface area contributed by atoms with Gasteiger partial charge in [-0.05, 0) is 24.0 Å². The zero-order chi connectivity index (χ0) is 15.3. The van der Waals surface area contributed by atoms with Gasteiger partial charge < -0.3 is 14.8 Å². The summed E-state index contributed by atoms with van der Waals surface area (Å²) < 4.78 is 5.20. The minimum Gasteiger partial charge on any atom is -0.444 e. The Morgan fingerprint density at radius 3 is 2.62 bits per heavy atom. The van der Waals surface area contributed by atoms with Gasteiger partial charge in [0.15, 0.2) is 12.2 Å². The highest BCUT2D eigenvalue weighted by Gasteiger charge is 2.18. The Balaban J connectivity index is 1.97. The molecule has 1 aromatic heterocycles. The second-order valence-corrected chi connectivity index (χ2v) is 5.76. The molecule has 5 nitrogen and oxygen atoms in total. The SMILES string of the molecule is CC(C)(CCO)CNC(=O)c1ccc(-c2cnco2)cc1. The molecule has 0 unspecified atom stereocenters. The maximum absolute atomic E-state index is 12.1. The smallest absolute Gasteiger partial charge is 0.251 e. The summed E-state index contributed by atoms with van der Waals surface area (Å²) in [5, 5.41) is 11.9. The highest BCUT2D eigenvalue weighted by atomic mass is 16.3. The van der Waals surface area contributed by atoms with Crippen molar-refractivity contribution in [1.29, 1.82) is 0 Å². The molecule has 1 heterocycles. The number of aliphatic hydroxyl groups excluding tert-OH is 1. The highest BCUT2D eigenvalue weighted by Crippen LogP contribution is 2.20. The van der Waals surface area contributed by atoms with Crippen molar-refractivity contribution in [2.75, 3.05) is 13.2 Å². The lowest BCUT2D eigenvalue weighted by molar-refractivity contribution is 0.0928. The van der Waals surface area contributed by atoms with E-state index in [9.17, 15) is 4.79 Å². The van der Waals surface area contributed by atoms with Crippen LogP contribution in [0.3, 0.4) is 0 Å². The molecule has 0 atom stereocenters. The van der Waals surface area contributed by atoms with Crippen molar-refractivity contribution >= 4 is 5.91 Å². The maximum Gasteiger partial charge on any atom is 0.251 e. The van der Waals surface area contributed by atoms with Crippen LogP contribution in [0.5, 0.6) is 0 Å². The summed E-state index contributed by atoms with van der Waals surface area (Å²) in [7, 11) is 0. The summed E-state index contributed by atoms with van der Waals surface area (Å²) in [5.41, 5.74) is 1.35. The topological polar surface area (TPSA) is 75.4 Å². The van der Waals surface area contributed by atoms with Crippen LogP contribution < -0.4 is 5.32 Å². The van der Waals surface area contributed by atoms with Crippen molar-refractivity contribution in [2.24, 2.45) is 5.41 Å². The predicted molar refractivity (Wildman–Crippen MR) is 79.8 cm³/mol. The molecule has 0 bridgehead atoms. The second kappa shape index (κ2) is 6.54. The number of hydrogen-bond donors (Lipinski definition) is 2. The zero-order valence-electron chi connectivity index (χ0n) is 12.3. The minimum atomic E-state index is -0.121. The van der Waals surface area contributed by atoms with E-state index in [0.717, 1.165) is 5.56 Å². The molecule has 1 amide bonds. The molecular formula is C16H20N2O3. The number of benzene rings is 1. The first-order valence-corrected chi connectivity index (χ1v) is 6.90. The van der Waals surface area contributed by atoms with Gasteiger partial charge in [0, 0.05) is 24.3 Å². The third kappa shape index (κ3) is 4.16. The van der Waals surface area contributed by atoms with E-state index in [1.807, 2.05) is 26.0 Å². The summed E-state index contributed by atoms with van der Waals surface area (Å²) in [6, 6.07) is 7.17. The number of nitrogens with zero attached hydrogens (tertiary/aromatic N) is 1. The van der Waals surface area contributed by atoms with E-state index in [2.05, 4.69) is 10.3 Å². The maximum atomic E-state index is 12.1. The van der Waals surface area contributed by atoms with Crippen LogP contribution in [0.1, 0.15) is 30.6 Å². The van der Waals surface area contributed by atoms with Gasteiger partial charge in [-0.1, -0.05) is 26.0 Å². The molecule has 2 rings (SSSR count).